The number of para-hydroxylation sites is 2. The van der Waals surface area contributed by atoms with Gasteiger partial charge in [0.05, 0.1) is 32.7 Å². The van der Waals surface area contributed by atoms with Gasteiger partial charge in [-0.15, -0.1) is 0 Å². The number of aromatic nitrogens is 2. The van der Waals surface area contributed by atoms with Crippen LogP contribution in [0.25, 0.3) is 5.69 Å². The van der Waals surface area contributed by atoms with Crippen LogP contribution in [-0.4, -0.2) is 18.2 Å². The Labute approximate surface area is 152 Å². The Morgan fingerprint density at radius 3 is 2.24 bits per heavy atom. The van der Waals surface area contributed by atoms with Gasteiger partial charge in [0, 0.05) is 0 Å². The van der Waals surface area contributed by atoms with Gasteiger partial charge in [0.2, 0.25) is 0 Å². The number of sulfonamides is 1. The third-order valence-corrected chi connectivity index (χ3v) is 5.84. The van der Waals surface area contributed by atoms with E-state index >= 15 is 0 Å². The number of aryl methyl sites for hydroxylation is 2. The number of hydrogen-bond acceptors (Lipinski definition) is 3. The van der Waals surface area contributed by atoms with Crippen LogP contribution in [0.15, 0.2) is 53.4 Å². The number of hydrogen-bond donors (Lipinski definition) is 1. The zero-order valence-corrected chi connectivity index (χ0v) is 15.7. The Morgan fingerprint density at radius 1 is 1.00 bits per heavy atom. The average Bonchev–Trinajstić information content (AvgIpc) is 2.83. The number of anilines is 1. The second-order valence-corrected chi connectivity index (χ2v) is 7.89. The van der Waals surface area contributed by atoms with Crippen LogP contribution in [-0.2, 0) is 10.0 Å². The fourth-order valence-corrected chi connectivity index (χ4v) is 3.72. The average molecular weight is 376 g/mol. The topological polar surface area (TPSA) is 64.0 Å². The van der Waals surface area contributed by atoms with Crippen molar-refractivity contribution in [2.24, 2.45) is 0 Å². The van der Waals surface area contributed by atoms with Gasteiger partial charge in [0.1, 0.15) is 0 Å². The molecule has 130 valence electrons. The summed E-state index contributed by atoms with van der Waals surface area (Å²) in [6, 6.07) is 13.8. The Hall–Kier alpha value is -2.31. The van der Waals surface area contributed by atoms with E-state index in [0.717, 1.165) is 11.3 Å². The maximum Gasteiger partial charge on any atom is 0.261 e. The summed E-state index contributed by atoms with van der Waals surface area (Å²) in [6.45, 7) is 5.56. The standard InChI is InChI=1S/C18H18ClN3O2S/c1-12-8-10-15(11-9-12)25(23,24)21-16-6-4-5-7-17(16)22-14(3)18(19)13(2)20-22/h4-11,21H,1-3H3. The molecule has 1 N–H and O–H groups in total. The van der Waals surface area contributed by atoms with E-state index in [2.05, 4.69) is 9.82 Å². The smallest absolute Gasteiger partial charge is 0.261 e. The lowest BCUT2D eigenvalue weighted by molar-refractivity contribution is 0.601. The number of benzene rings is 2. The molecule has 1 aromatic heterocycles. The van der Waals surface area contributed by atoms with Gasteiger partial charge in [0.15, 0.2) is 0 Å². The van der Waals surface area contributed by atoms with Crippen molar-refractivity contribution in [1.29, 1.82) is 0 Å². The predicted molar refractivity (Wildman–Crippen MR) is 100 cm³/mol. The Morgan fingerprint density at radius 2 is 1.64 bits per heavy atom. The van der Waals surface area contributed by atoms with Crippen molar-refractivity contribution in [2.45, 2.75) is 25.7 Å². The predicted octanol–water partition coefficient (Wildman–Crippen LogP) is 4.25. The van der Waals surface area contributed by atoms with E-state index in [1.54, 1.807) is 47.1 Å². The van der Waals surface area contributed by atoms with Crippen molar-refractivity contribution in [3.05, 3.63) is 70.5 Å². The Kier molecular flexibility index (Phi) is 4.58. The third kappa shape index (κ3) is 3.41. The molecule has 1 heterocycles. The highest BCUT2D eigenvalue weighted by Crippen LogP contribution is 2.28. The fraction of sp³-hybridized carbons (Fsp3) is 0.167. The highest BCUT2D eigenvalue weighted by molar-refractivity contribution is 7.92. The van der Waals surface area contributed by atoms with Gasteiger partial charge in [-0.3, -0.25) is 4.72 Å². The van der Waals surface area contributed by atoms with Gasteiger partial charge in [-0.1, -0.05) is 41.4 Å². The van der Waals surface area contributed by atoms with E-state index < -0.39 is 10.0 Å². The van der Waals surface area contributed by atoms with Crippen molar-refractivity contribution in [3.63, 3.8) is 0 Å². The number of rotatable bonds is 4. The van der Waals surface area contributed by atoms with E-state index in [-0.39, 0.29) is 4.90 Å². The second-order valence-electron chi connectivity index (χ2n) is 5.83. The molecule has 0 radical (unpaired) electrons. The lowest BCUT2D eigenvalue weighted by Gasteiger charge is -2.14. The van der Waals surface area contributed by atoms with Gasteiger partial charge in [-0.2, -0.15) is 5.10 Å². The lowest BCUT2D eigenvalue weighted by Crippen LogP contribution is -2.15. The SMILES string of the molecule is Cc1ccc(S(=O)(=O)Nc2ccccc2-n2nc(C)c(Cl)c2C)cc1. The van der Waals surface area contributed by atoms with Crippen molar-refractivity contribution >= 4 is 27.3 Å². The maximum atomic E-state index is 12.7. The molecular weight excluding hydrogens is 358 g/mol. The van der Waals surface area contributed by atoms with E-state index in [0.29, 0.717) is 22.1 Å². The van der Waals surface area contributed by atoms with Crippen LogP contribution in [0.4, 0.5) is 5.69 Å². The zero-order valence-electron chi connectivity index (χ0n) is 14.1. The van der Waals surface area contributed by atoms with Gasteiger partial charge in [-0.05, 0) is 45.0 Å². The molecule has 0 atom stereocenters. The van der Waals surface area contributed by atoms with Crippen molar-refractivity contribution in [1.82, 2.24) is 9.78 Å². The molecule has 0 bridgehead atoms. The Bertz CT molecular complexity index is 1020. The first-order chi connectivity index (χ1) is 11.8. The quantitative estimate of drug-likeness (QED) is 0.741. The molecule has 0 saturated carbocycles. The van der Waals surface area contributed by atoms with Crippen molar-refractivity contribution in [3.8, 4) is 5.69 Å². The molecule has 3 aromatic rings. The molecule has 0 spiro atoms. The normalized spacial score (nSPS) is 11.5. The van der Waals surface area contributed by atoms with Crippen LogP contribution >= 0.6 is 11.6 Å². The first-order valence-electron chi connectivity index (χ1n) is 7.70. The van der Waals surface area contributed by atoms with Crippen LogP contribution in [0.1, 0.15) is 17.0 Å². The molecule has 3 rings (SSSR count). The molecule has 5 nitrogen and oxygen atoms in total. The Balaban J connectivity index is 2.04. The third-order valence-electron chi connectivity index (χ3n) is 3.91. The number of nitrogens with one attached hydrogen (secondary N) is 1. The monoisotopic (exact) mass is 375 g/mol. The maximum absolute atomic E-state index is 12.7. The summed E-state index contributed by atoms with van der Waals surface area (Å²) in [5.41, 5.74) is 3.49. The van der Waals surface area contributed by atoms with Gasteiger partial charge < -0.3 is 0 Å². The van der Waals surface area contributed by atoms with Gasteiger partial charge >= 0.3 is 0 Å². The molecular formula is C18H18ClN3O2S. The molecule has 0 aliphatic heterocycles. The molecule has 0 unspecified atom stereocenters. The second kappa shape index (κ2) is 6.54. The van der Waals surface area contributed by atoms with Gasteiger partial charge in [-0.25, -0.2) is 13.1 Å². The molecule has 0 aliphatic carbocycles. The fourth-order valence-electron chi connectivity index (χ4n) is 2.52. The van der Waals surface area contributed by atoms with Crippen LogP contribution in [0.2, 0.25) is 5.02 Å². The number of halogens is 1. The van der Waals surface area contributed by atoms with Crippen LogP contribution < -0.4 is 4.72 Å². The van der Waals surface area contributed by atoms with Crippen LogP contribution in [0.3, 0.4) is 0 Å². The zero-order chi connectivity index (χ0) is 18.2. The summed E-state index contributed by atoms with van der Waals surface area (Å²) in [6.07, 6.45) is 0. The highest BCUT2D eigenvalue weighted by atomic mass is 35.5. The largest absolute Gasteiger partial charge is 0.277 e. The molecule has 0 aliphatic rings. The minimum Gasteiger partial charge on any atom is -0.277 e. The number of nitrogens with zero attached hydrogens (tertiary/aromatic N) is 2. The minimum atomic E-state index is -3.70. The van der Waals surface area contributed by atoms with E-state index in [1.807, 2.05) is 26.8 Å². The molecule has 25 heavy (non-hydrogen) atoms. The lowest BCUT2D eigenvalue weighted by atomic mass is 10.2. The molecule has 0 amide bonds. The van der Waals surface area contributed by atoms with E-state index in [1.165, 1.54) is 0 Å². The molecule has 0 fully saturated rings. The van der Waals surface area contributed by atoms with E-state index in [4.69, 9.17) is 11.6 Å². The summed E-state index contributed by atoms with van der Waals surface area (Å²) >= 11 is 6.22. The van der Waals surface area contributed by atoms with E-state index in [9.17, 15) is 8.42 Å². The van der Waals surface area contributed by atoms with Crippen molar-refractivity contribution < 1.29 is 8.42 Å². The summed E-state index contributed by atoms with van der Waals surface area (Å²) < 4.78 is 29.7. The summed E-state index contributed by atoms with van der Waals surface area (Å²) in [4.78, 5) is 0.208. The van der Waals surface area contributed by atoms with Gasteiger partial charge in [0.25, 0.3) is 10.0 Å². The molecule has 2 aromatic carbocycles. The highest BCUT2D eigenvalue weighted by Gasteiger charge is 2.18. The van der Waals surface area contributed by atoms with Crippen molar-refractivity contribution in [2.75, 3.05) is 4.72 Å². The van der Waals surface area contributed by atoms with Crippen LogP contribution in [0.5, 0.6) is 0 Å². The molecule has 7 heteroatoms. The molecule has 0 saturated heterocycles. The minimum absolute atomic E-state index is 0.208. The summed E-state index contributed by atoms with van der Waals surface area (Å²) in [7, 11) is -3.70. The summed E-state index contributed by atoms with van der Waals surface area (Å²) in [5.74, 6) is 0. The van der Waals surface area contributed by atoms with Crippen LogP contribution in [0, 0.1) is 20.8 Å². The first-order valence-corrected chi connectivity index (χ1v) is 9.56. The first kappa shape index (κ1) is 17.5. The summed E-state index contributed by atoms with van der Waals surface area (Å²) in [5, 5.41) is 4.97.